The average molecular weight is 464 g/mol. The Morgan fingerprint density at radius 2 is 1.79 bits per heavy atom. The summed E-state index contributed by atoms with van der Waals surface area (Å²) in [4.78, 5) is 6.40. The van der Waals surface area contributed by atoms with Crippen molar-refractivity contribution in [1.29, 1.82) is 0 Å². The second-order valence-corrected chi connectivity index (χ2v) is 7.99. The number of rotatable bonds is 8. The molecule has 0 saturated carbocycles. The Bertz CT molecular complexity index is 486. The molecule has 0 bridgehead atoms. The number of hydrogen-bond acceptors (Lipinski definition) is 3. The molecule has 0 aromatic heterocycles. The van der Waals surface area contributed by atoms with Crippen LogP contribution >= 0.6 is 35.7 Å². The summed E-state index contributed by atoms with van der Waals surface area (Å²) in [6, 6.07) is 8.77. The summed E-state index contributed by atoms with van der Waals surface area (Å²) in [5.74, 6) is 0.884. The van der Waals surface area contributed by atoms with Crippen molar-refractivity contribution < 1.29 is 0 Å². The summed E-state index contributed by atoms with van der Waals surface area (Å²) in [5.41, 5.74) is 2.62. The highest BCUT2D eigenvalue weighted by molar-refractivity contribution is 14.0. The first-order chi connectivity index (χ1) is 10.9. The summed E-state index contributed by atoms with van der Waals surface area (Å²) in [5, 5.41) is 6.78. The molecule has 0 aliphatic heterocycles. The number of hydrogen-bond donors (Lipinski definition) is 2. The highest BCUT2D eigenvalue weighted by Crippen LogP contribution is 2.19. The predicted octanol–water partition coefficient (Wildman–Crippen LogP) is 3.61. The Balaban J connectivity index is 0.00000529. The summed E-state index contributed by atoms with van der Waals surface area (Å²) >= 11 is 1.86. The molecule has 0 radical (unpaired) electrons. The Labute approximate surface area is 169 Å². The largest absolute Gasteiger partial charge is 0.378 e. The second kappa shape index (κ2) is 11.8. The van der Waals surface area contributed by atoms with Crippen LogP contribution in [0, 0.1) is 0 Å². The van der Waals surface area contributed by atoms with Crippen LogP contribution in [0.15, 0.2) is 29.3 Å². The van der Waals surface area contributed by atoms with Crippen molar-refractivity contribution >= 4 is 47.4 Å². The number of nitrogens with zero attached hydrogens (tertiary/aromatic N) is 2. The molecule has 138 valence electrons. The fourth-order valence-corrected chi connectivity index (χ4v) is 2.27. The van der Waals surface area contributed by atoms with Crippen LogP contribution in [0.5, 0.6) is 0 Å². The van der Waals surface area contributed by atoms with E-state index in [2.05, 4.69) is 79.0 Å². The van der Waals surface area contributed by atoms with Crippen LogP contribution in [0.4, 0.5) is 5.69 Å². The lowest BCUT2D eigenvalue weighted by atomic mass is 10.1. The van der Waals surface area contributed by atoms with Crippen LogP contribution in [0.3, 0.4) is 0 Å². The second-order valence-electron chi connectivity index (χ2n) is 6.48. The van der Waals surface area contributed by atoms with E-state index in [1.54, 1.807) is 0 Å². The lowest BCUT2D eigenvalue weighted by Gasteiger charge is -2.23. The van der Waals surface area contributed by atoms with E-state index in [4.69, 9.17) is 0 Å². The van der Waals surface area contributed by atoms with Gasteiger partial charge in [0, 0.05) is 44.7 Å². The van der Waals surface area contributed by atoms with Crippen LogP contribution in [0.1, 0.15) is 25.8 Å². The van der Waals surface area contributed by atoms with E-state index < -0.39 is 0 Å². The molecule has 0 aliphatic carbocycles. The molecule has 0 saturated heterocycles. The molecule has 2 N–H and O–H groups in total. The third kappa shape index (κ3) is 9.01. The van der Waals surface area contributed by atoms with E-state index in [0.717, 1.165) is 31.9 Å². The van der Waals surface area contributed by atoms with Crippen molar-refractivity contribution in [2.75, 3.05) is 45.4 Å². The molecule has 1 rings (SSSR count). The molecule has 0 unspecified atom stereocenters. The van der Waals surface area contributed by atoms with Gasteiger partial charge in [-0.3, -0.25) is 4.99 Å². The van der Waals surface area contributed by atoms with Crippen LogP contribution < -0.4 is 15.5 Å². The van der Waals surface area contributed by atoms with E-state index in [-0.39, 0.29) is 28.7 Å². The standard InChI is InChI=1S/C18H32N4S.HI/c1-18(2,23-6)14-21-17(19-3)20-13-7-8-15-9-11-16(12-10-15)22(4)5;/h9-12H,7-8,13-14H2,1-6H3,(H2,19,20,21);1H. The van der Waals surface area contributed by atoms with Crippen molar-refractivity contribution in [3.8, 4) is 0 Å². The minimum Gasteiger partial charge on any atom is -0.378 e. The molecule has 0 atom stereocenters. The first-order valence-electron chi connectivity index (χ1n) is 8.14. The lowest BCUT2D eigenvalue weighted by molar-refractivity contribution is 0.659. The van der Waals surface area contributed by atoms with Gasteiger partial charge in [-0.15, -0.1) is 24.0 Å². The van der Waals surface area contributed by atoms with Gasteiger partial charge in [0.1, 0.15) is 0 Å². The van der Waals surface area contributed by atoms with Crippen LogP contribution in [0.25, 0.3) is 0 Å². The first kappa shape index (κ1) is 23.4. The zero-order valence-corrected chi connectivity index (χ0v) is 19.0. The zero-order valence-electron chi connectivity index (χ0n) is 15.8. The fourth-order valence-electron chi connectivity index (χ4n) is 2.05. The molecule has 0 aliphatic rings. The molecule has 0 spiro atoms. The van der Waals surface area contributed by atoms with Gasteiger partial charge >= 0.3 is 0 Å². The highest BCUT2D eigenvalue weighted by atomic mass is 127. The van der Waals surface area contributed by atoms with Crippen molar-refractivity contribution in [1.82, 2.24) is 10.6 Å². The lowest BCUT2D eigenvalue weighted by Crippen LogP contribution is -2.43. The smallest absolute Gasteiger partial charge is 0.191 e. The van der Waals surface area contributed by atoms with Gasteiger partial charge in [-0.25, -0.2) is 0 Å². The van der Waals surface area contributed by atoms with Crippen molar-refractivity contribution in [2.45, 2.75) is 31.4 Å². The SMILES string of the molecule is CN=C(NCCCc1ccc(N(C)C)cc1)NCC(C)(C)SC.I. The maximum absolute atomic E-state index is 4.28. The molecule has 0 heterocycles. The number of nitrogens with one attached hydrogen (secondary N) is 2. The predicted molar refractivity (Wildman–Crippen MR) is 121 cm³/mol. The van der Waals surface area contributed by atoms with Crippen LogP contribution in [-0.2, 0) is 6.42 Å². The van der Waals surface area contributed by atoms with E-state index >= 15 is 0 Å². The van der Waals surface area contributed by atoms with Gasteiger partial charge in [-0.1, -0.05) is 12.1 Å². The minimum atomic E-state index is 0. The molecule has 4 nitrogen and oxygen atoms in total. The topological polar surface area (TPSA) is 39.7 Å². The number of benzene rings is 1. The van der Waals surface area contributed by atoms with E-state index in [9.17, 15) is 0 Å². The molecule has 6 heteroatoms. The molecular weight excluding hydrogens is 431 g/mol. The van der Waals surface area contributed by atoms with Crippen LogP contribution in [0.2, 0.25) is 0 Å². The molecular formula is C18H33IN4S. The fraction of sp³-hybridized carbons (Fsp3) is 0.611. The first-order valence-corrected chi connectivity index (χ1v) is 9.36. The summed E-state index contributed by atoms with van der Waals surface area (Å²) in [7, 11) is 5.95. The number of thioether (sulfide) groups is 1. The summed E-state index contributed by atoms with van der Waals surface area (Å²) in [6.07, 6.45) is 4.31. The zero-order chi connectivity index (χ0) is 17.3. The Morgan fingerprint density at radius 3 is 2.29 bits per heavy atom. The van der Waals surface area contributed by atoms with Crippen molar-refractivity contribution in [2.24, 2.45) is 4.99 Å². The van der Waals surface area contributed by atoms with Gasteiger partial charge in [0.25, 0.3) is 0 Å². The van der Waals surface area contributed by atoms with Gasteiger partial charge in [0.2, 0.25) is 0 Å². The third-order valence-corrected chi connectivity index (χ3v) is 5.09. The molecule has 1 aromatic carbocycles. The third-order valence-electron chi connectivity index (χ3n) is 3.85. The highest BCUT2D eigenvalue weighted by Gasteiger charge is 2.15. The summed E-state index contributed by atoms with van der Waals surface area (Å²) < 4.78 is 0.214. The van der Waals surface area contributed by atoms with Gasteiger partial charge in [0.15, 0.2) is 5.96 Å². The van der Waals surface area contributed by atoms with Crippen molar-refractivity contribution in [3.05, 3.63) is 29.8 Å². The van der Waals surface area contributed by atoms with Gasteiger partial charge < -0.3 is 15.5 Å². The van der Waals surface area contributed by atoms with E-state index in [1.807, 2.05) is 18.8 Å². The summed E-state index contributed by atoms with van der Waals surface area (Å²) in [6.45, 7) is 6.29. The van der Waals surface area contributed by atoms with Crippen LogP contribution in [-0.4, -0.2) is 51.2 Å². The maximum Gasteiger partial charge on any atom is 0.191 e. The van der Waals surface area contributed by atoms with Gasteiger partial charge in [0.05, 0.1) is 0 Å². The normalized spacial score (nSPS) is 11.7. The number of anilines is 1. The molecule has 1 aromatic rings. The number of guanidine groups is 1. The quantitative estimate of drug-likeness (QED) is 0.267. The Kier molecular flexibility index (Phi) is 11.5. The Hall–Kier alpha value is -0.630. The number of aryl methyl sites for hydroxylation is 1. The number of aliphatic imine (C=N–C) groups is 1. The molecule has 24 heavy (non-hydrogen) atoms. The average Bonchev–Trinajstić information content (AvgIpc) is 2.54. The van der Waals surface area contributed by atoms with E-state index in [0.29, 0.717) is 0 Å². The van der Waals surface area contributed by atoms with E-state index in [1.165, 1.54) is 11.3 Å². The Morgan fingerprint density at radius 1 is 1.17 bits per heavy atom. The molecule has 0 amide bonds. The number of halogens is 1. The van der Waals surface area contributed by atoms with Gasteiger partial charge in [-0.05, 0) is 50.6 Å². The minimum absolute atomic E-state index is 0. The van der Waals surface area contributed by atoms with Crippen molar-refractivity contribution in [3.63, 3.8) is 0 Å². The van der Waals surface area contributed by atoms with Gasteiger partial charge in [-0.2, -0.15) is 11.8 Å². The monoisotopic (exact) mass is 464 g/mol. The maximum atomic E-state index is 4.28. The molecule has 0 fully saturated rings.